The monoisotopic (exact) mass is 350 g/mol. The Morgan fingerprint density at radius 2 is 2.12 bits per heavy atom. The van der Waals surface area contributed by atoms with Gasteiger partial charge in [0, 0.05) is 18.9 Å². The highest BCUT2D eigenvalue weighted by Gasteiger charge is 2.16. The Bertz CT molecular complexity index is 997. The van der Waals surface area contributed by atoms with Gasteiger partial charge in [0.1, 0.15) is 29.7 Å². The van der Waals surface area contributed by atoms with Crippen LogP contribution < -0.4 is 10.1 Å². The fraction of sp³-hybridized carbons (Fsp3) is 0.105. The number of benzene rings is 1. The van der Waals surface area contributed by atoms with Crippen molar-refractivity contribution in [3.8, 4) is 17.3 Å². The molecule has 2 bridgehead atoms. The minimum absolute atomic E-state index is 0.115. The molecule has 1 aromatic carbocycles. The standard InChI is InChI=1S/C19H15FN4O2/c20-13-6-7-16-14(12-13)19(25)23-17-5-3-4-15(22-17)18-21-8-10-24(18)9-1-2-11-26-16/h1-8,10,12H,9,11H2,(H,22,23,25)/b2-1-. The van der Waals surface area contributed by atoms with Crippen molar-refractivity contribution in [2.45, 2.75) is 6.54 Å². The first-order valence-electron chi connectivity index (χ1n) is 8.08. The number of fused-ring (bicyclic) bond motifs is 5. The number of carbonyl (C=O) groups excluding carboxylic acids is 1. The van der Waals surface area contributed by atoms with Gasteiger partial charge in [-0.3, -0.25) is 4.79 Å². The first kappa shape index (κ1) is 16.0. The number of nitrogens with zero attached hydrogens (tertiary/aromatic N) is 3. The van der Waals surface area contributed by atoms with Gasteiger partial charge in [0.25, 0.3) is 5.91 Å². The van der Waals surface area contributed by atoms with E-state index < -0.39 is 11.7 Å². The van der Waals surface area contributed by atoms with Crippen molar-refractivity contribution < 1.29 is 13.9 Å². The number of nitrogens with one attached hydrogen (secondary N) is 1. The van der Waals surface area contributed by atoms with Gasteiger partial charge in [-0.05, 0) is 36.4 Å². The van der Waals surface area contributed by atoms with E-state index in [1.807, 2.05) is 29.0 Å². The topological polar surface area (TPSA) is 69.0 Å². The molecule has 0 unspecified atom stereocenters. The van der Waals surface area contributed by atoms with Crippen LogP contribution in [-0.2, 0) is 6.54 Å². The van der Waals surface area contributed by atoms with E-state index in [1.165, 1.54) is 12.1 Å². The van der Waals surface area contributed by atoms with Crippen LogP contribution in [0.5, 0.6) is 5.75 Å². The maximum Gasteiger partial charge on any atom is 0.260 e. The summed E-state index contributed by atoms with van der Waals surface area (Å²) in [7, 11) is 0. The Morgan fingerprint density at radius 1 is 1.19 bits per heavy atom. The molecular weight excluding hydrogens is 335 g/mol. The van der Waals surface area contributed by atoms with Crippen molar-refractivity contribution in [1.29, 1.82) is 0 Å². The summed E-state index contributed by atoms with van der Waals surface area (Å²) < 4.78 is 21.2. The molecule has 1 aliphatic rings. The minimum atomic E-state index is -0.511. The number of carbonyl (C=O) groups is 1. The lowest BCUT2D eigenvalue weighted by Gasteiger charge is -2.12. The number of rotatable bonds is 0. The number of hydrogen-bond donors (Lipinski definition) is 1. The summed E-state index contributed by atoms with van der Waals surface area (Å²) in [5, 5.41) is 2.69. The molecule has 1 aliphatic heterocycles. The molecule has 1 N–H and O–H groups in total. The molecule has 26 heavy (non-hydrogen) atoms. The summed E-state index contributed by atoms with van der Waals surface area (Å²) in [5.41, 5.74) is 0.748. The number of pyridine rings is 1. The Kier molecular flexibility index (Phi) is 4.18. The van der Waals surface area contributed by atoms with Crippen LogP contribution in [0.2, 0.25) is 0 Å². The van der Waals surface area contributed by atoms with Gasteiger partial charge in [-0.25, -0.2) is 14.4 Å². The highest BCUT2D eigenvalue weighted by atomic mass is 19.1. The van der Waals surface area contributed by atoms with Gasteiger partial charge in [-0.2, -0.15) is 0 Å². The van der Waals surface area contributed by atoms with Gasteiger partial charge in [0.05, 0.1) is 5.56 Å². The lowest BCUT2D eigenvalue weighted by atomic mass is 10.1. The predicted octanol–water partition coefficient (Wildman–Crippen LogP) is 3.29. The summed E-state index contributed by atoms with van der Waals surface area (Å²) in [5.74, 6) is 0.349. The molecule has 7 heteroatoms. The van der Waals surface area contributed by atoms with Crippen LogP contribution in [-0.4, -0.2) is 27.0 Å². The summed E-state index contributed by atoms with van der Waals surface area (Å²) >= 11 is 0. The van der Waals surface area contributed by atoms with Crippen LogP contribution in [0.25, 0.3) is 11.5 Å². The molecule has 0 radical (unpaired) electrons. The van der Waals surface area contributed by atoms with E-state index in [1.54, 1.807) is 18.3 Å². The molecule has 0 saturated carbocycles. The second-order valence-electron chi connectivity index (χ2n) is 5.69. The normalized spacial score (nSPS) is 15.0. The van der Waals surface area contributed by atoms with Gasteiger partial charge in [-0.15, -0.1) is 0 Å². The van der Waals surface area contributed by atoms with Crippen LogP contribution >= 0.6 is 0 Å². The number of amides is 1. The first-order chi connectivity index (χ1) is 12.7. The molecule has 0 fully saturated rings. The highest BCUT2D eigenvalue weighted by Crippen LogP contribution is 2.23. The Hall–Kier alpha value is -3.48. The zero-order chi connectivity index (χ0) is 17.9. The molecule has 2 aromatic heterocycles. The number of imidazole rings is 1. The summed E-state index contributed by atoms with van der Waals surface area (Å²) in [6.45, 7) is 0.868. The zero-order valence-corrected chi connectivity index (χ0v) is 13.7. The number of anilines is 1. The fourth-order valence-corrected chi connectivity index (χ4v) is 2.70. The van der Waals surface area contributed by atoms with Crippen molar-refractivity contribution in [3.05, 3.63) is 72.3 Å². The molecule has 4 rings (SSSR count). The van der Waals surface area contributed by atoms with Gasteiger partial charge in [0.15, 0.2) is 5.82 Å². The molecule has 3 heterocycles. The average molecular weight is 350 g/mol. The van der Waals surface area contributed by atoms with E-state index in [0.29, 0.717) is 29.6 Å². The number of halogens is 1. The molecule has 6 nitrogen and oxygen atoms in total. The van der Waals surface area contributed by atoms with Crippen LogP contribution in [0.1, 0.15) is 10.4 Å². The summed E-state index contributed by atoms with van der Waals surface area (Å²) in [6.07, 6.45) is 7.33. The quantitative estimate of drug-likeness (QED) is 0.632. The average Bonchev–Trinajstić information content (AvgIpc) is 3.10. The third-order valence-electron chi connectivity index (χ3n) is 3.93. The van der Waals surface area contributed by atoms with E-state index in [-0.39, 0.29) is 12.2 Å². The second-order valence-corrected chi connectivity index (χ2v) is 5.69. The minimum Gasteiger partial charge on any atom is -0.489 e. The maximum atomic E-state index is 13.6. The number of hydrogen-bond acceptors (Lipinski definition) is 4. The van der Waals surface area contributed by atoms with Gasteiger partial charge >= 0.3 is 0 Å². The van der Waals surface area contributed by atoms with Crippen molar-refractivity contribution >= 4 is 11.7 Å². The Labute approximate surface area is 149 Å². The molecule has 0 aliphatic carbocycles. The highest BCUT2D eigenvalue weighted by molar-refractivity contribution is 6.05. The van der Waals surface area contributed by atoms with Gasteiger partial charge in [0.2, 0.25) is 0 Å². The summed E-state index contributed by atoms with van der Waals surface area (Å²) in [4.78, 5) is 21.4. The van der Waals surface area contributed by atoms with Crippen molar-refractivity contribution in [1.82, 2.24) is 14.5 Å². The largest absolute Gasteiger partial charge is 0.489 e. The maximum absolute atomic E-state index is 13.6. The SMILES string of the molecule is O=C1Nc2cccc(n2)-c2nccn2C/C=C\COc2ccc(F)cc21. The van der Waals surface area contributed by atoms with Crippen molar-refractivity contribution in [2.75, 3.05) is 11.9 Å². The lowest BCUT2D eigenvalue weighted by Crippen LogP contribution is -2.15. The molecular formula is C19H15FN4O2. The van der Waals surface area contributed by atoms with E-state index in [9.17, 15) is 9.18 Å². The predicted molar refractivity (Wildman–Crippen MR) is 94.4 cm³/mol. The molecule has 3 aromatic rings. The van der Waals surface area contributed by atoms with Crippen LogP contribution in [0, 0.1) is 5.82 Å². The number of aromatic nitrogens is 3. The summed E-state index contributed by atoms with van der Waals surface area (Å²) in [6, 6.07) is 9.12. The first-order valence-corrected chi connectivity index (χ1v) is 8.08. The van der Waals surface area contributed by atoms with Crippen LogP contribution in [0.15, 0.2) is 60.9 Å². The van der Waals surface area contributed by atoms with Crippen molar-refractivity contribution in [3.63, 3.8) is 0 Å². The molecule has 0 spiro atoms. The molecule has 0 atom stereocenters. The van der Waals surface area contributed by atoms with Gasteiger partial charge in [-0.1, -0.05) is 12.1 Å². The van der Waals surface area contributed by atoms with Crippen molar-refractivity contribution in [2.24, 2.45) is 0 Å². The van der Waals surface area contributed by atoms with Crippen LogP contribution in [0.3, 0.4) is 0 Å². The Morgan fingerprint density at radius 3 is 3.04 bits per heavy atom. The smallest absolute Gasteiger partial charge is 0.260 e. The lowest BCUT2D eigenvalue weighted by molar-refractivity contribution is 0.102. The Balaban J connectivity index is 1.78. The second kappa shape index (κ2) is 6.79. The molecule has 0 saturated heterocycles. The number of ether oxygens (including phenoxy) is 1. The third kappa shape index (κ3) is 3.19. The van der Waals surface area contributed by atoms with E-state index >= 15 is 0 Å². The van der Waals surface area contributed by atoms with E-state index in [4.69, 9.17) is 4.74 Å². The number of allylic oxidation sites excluding steroid dienone is 1. The van der Waals surface area contributed by atoms with E-state index in [0.717, 1.165) is 6.07 Å². The zero-order valence-electron chi connectivity index (χ0n) is 13.7. The van der Waals surface area contributed by atoms with Crippen LogP contribution in [0.4, 0.5) is 10.2 Å². The van der Waals surface area contributed by atoms with Gasteiger partial charge < -0.3 is 14.6 Å². The molecule has 1 amide bonds. The third-order valence-corrected chi connectivity index (χ3v) is 3.93. The molecule has 130 valence electrons. The van der Waals surface area contributed by atoms with E-state index in [2.05, 4.69) is 15.3 Å². The fourth-order valence-electron chi connectivity index (χ4n) is 2.70.